The van der Waals surface area contributed by atoms with Gasteiger partial charge in [0, 0.05) is 44.1 Å². The minimum absolute atomic E-state index is 0. The van der Waals surface area contributed by atoms with Crippen LogP contribution in [0.3, 0.4) is 0 Å². The Morgan fingerprint density at radius 1 is 1.10 bits per heavy atom. The van der Waals surface area contributed by atoms with E-state index in [1.165, 1.54) is 17.0 Å². The smallest absolute Gasteiger partial charge is 0.191 e. The maximum atomic E-state index is 13.0. The average molecular weight is 528 g/mol. The molecule has 29 heavy (non-hydrogen) atoms. The molecule has 0 saturated carbocycles. The number of hydrogen-bond donors (Lipinski definition) is 2. The Kier molecular flexibility index (Phi) is 9.02. The van der Waals surface area contributed by atoms with E-state index in [9.17, 15) is 4.39 Å². The van der Waals surface area contributed by atoms with E-state index in [0.29, 0.717) is 0 Å². The highest BCUT2D eigenvalue weighted by molar-refractivity contribution is 14.0. The van der Waals surface area contributed by atoms with Crippen LogP contribution >= 0.6 is 35.3 Å². The van der Waals surface area contributed by atoms with E-state index in [0.717, 1.165) is 54.0 Å². The molecule has 0 unspecified atom stereocenters. The summed E-state index contributed by atoms with van der Waals surface area (Å²) in [5, 5.41) is 12.3. The quantitative estimate of drug-likeness (QED) is 0.279. The van der Waals surface area contributed by atoms with Gasteiger partial charge < -0.3 is 10.6 Å². The van der Waals surface area contributed by atoms with Crippen LogP contribution in [0.4, 0.5) is 4.39 Å². The van der Waals surface area contributed by atoms with Gasteiger partial charge in [0.25, 0.3) is 0 Å². The molecule has 0 spiro atoms. The fraction of sp³-hybridized carbons (Fsp3) is 0.350. The Morgan fingerprint density at radius 3 is 2.41 bits per heavy atom. The van der Waals surface area contributed by atoms with Gasteiger partial charge in [-0.1, -0.05) is 0 Å². The van der Waals surface area contributed by atoms with Crippen molar-refractivity contribution in [1.82, 2.24) is 25.4 Å². The molecule has 0 bridgehead atoms. The lowest BCUT2D eigenvalue weighted by Gasteiger charge is -2.10. The van der Waals surface area contributed by atoms with E-state index < -0.39 is 0 Å². The van der Waals surface area contributed by atoms with Gasteiger partial charge in [0.2, 0.25) is 0 Å². The monoisotopic (exact) mass is 528 g/mol. The normalized spacial score (nSPS) is 11.2. The number of nitrogens with zero attached hydrogens (tertiary/aromatic N) is 4. The maximum absolute atomic E-state index is 13.0. The van der Waals surface area contributed by atoms with Crippen LogP contribution in [0.15, 0.2) is 41.5 Å². The zero-order valence-corrected chi connectivity index (χ0v) is 19.9. The summed E-state index contributed by atoms with van der Waals surface area (Å²) in [4.78, 5) is 10.1. The Balaban J connectivity index is 0.00000300. The number of benzene rings is 1. The number of nitrogens with one attached hydrogen (secondary N) is 2. The molecule has 156 valence electrons. The van der Waals surface area contributed by atoms with Crippen molar-refractivity contribution in [2.45, 2.75) is 26.7 Å². The van der Waals surface area contributed by atoms with E-state index in [-0.39, 0.29) is 29.8 Å². The molecule has 0 fully saturated rings. The second kappa shape index (κ2) is 11.2. The fourth-order valence-electron chi connectivity index (χ4n) is 2.70. The molecule has 6 nitrogen and oxygen atoms in total. The van der Waals surface area contributed by atoms with Crippen molar-refractivity contribution in [2.75, 3.05) is 20.1 Å². The number of thiazole rings is 1. The molecule has 0 radical (unpaired) electrons. The number of aryl methyl sites for hydroxylation is 2. The van der Waals surface area contributed by atoms with Crippen LogP contribution in [0.25, 0.3) is 5.69 Å². The summed E-state index contributed by atoms with van der Waals surface area (Å²) >= 11 is 1.75. The van der Waals surface area contributed by atoms with Crippen LogP contribution in [0, 0.1) is 19.7 Å². The second-order valence-corrected chi connectivity index (χ2v) is 7.69. The van der Waals surface area contributed by atoms with Crippen molar-refractivity contribution in [1.29, 1.82) is 0 Å². The number of aromatic nitrogens is 3. The van der Waals surface area contributed by atoms with Crippen molar-refractivity contribution in [3.8, 4) is 5.69 Å². The summed E-state index contributed by atoms with van der Waals surface area (Å²) < 4.78 is 14.8. The topological polar surface area (TPSA) is 67.1 Å². The standard InChI is InChI=1S/C20H25FN6S.HI/c1-14-15(2)28-19(25-14)9-12-24-20(22-3)23-11-8-17-10-13-27(26-17)18-6-4-16(21)5-7-18;/h4-7,10,13H,8-9,11-12H2,1-3H3,(H2,22,23,24);1H. The zero-order chi connectivity index (χ0) is 19.9. The van der Waals surface area contributed by atoms with E-state index in [4.69, 9.17) is 0 Å². The summed E-state index contributed by atoms with van der Waals surface area (Å²) in [6.07, 6.45) is 3.52. The molecular weight excluding hydrogens is 502 g/mol. The predicted octanol–water partition coefficient (Wildman–Crippen LogP) is 3.65. The van der Waals surface area contributed by atoms with Crippen LogP contribution < -0.4 is 10.6 Å². The van der Waals surface area contributed by atoms with Gasteiger partial charge in [-0.05, 0) is 44.2 Å². The molecule has 0 saturated heterocycles. The van der Waals surface area contributed by atoms with Crippen LogP contribution in [0.2, 0.25) is 0 Å². The third kappa shape index (κ3) is 6.77. The van der Waals surface area contributed by atoms with Gasteiger partial charge >= 0.3 is 0 Å². The first kappa shape index (κ1) is 23.3. The molecule has 3 rings (SSSR count). The molecule has 1 aromatic carbocycles. The highest BCUT2D eigenvalue weighted by Gasteiger charge is 2.05. The molecule has 0 atom stereocenters. The summed E-state index contributed by atoms with van der Waals surface area (Å²) in [5.74, 6) is 0.516. The van der Waals surface area contributed by atoms with Gasteiger partial charge in [-0.3, -0.25) is 4.99 Å². The Hall–Kier alpha value is -2.01. The van der Waals surface area contributed by atoms with Crippen molar-refractivity contribution in [3.05, 3.63) is 63.6 Å². The Morgan fingerprint density at radius 2 is 1.79 bits per heavy atom. The van der Waals surface area contributed by atoms with Crippen molar-refractivity contribution in [2.24, 2.45) is 4.99 Å². The summed E-state index contributed by atoms with van der Waals surface area (Å²) in [7, 11) is 1.76. The van der Waals surface area contributed by atoms with E-state index in [1.54, 1.807) is 35.2 Å². The van der Waals surface area contributed by atoms with Crippen molar-refractivity contribution in [3.63, 3.8) is 0 Å². The van der Waals surface area contributed by atoms with Crippen LogP contribution in [-0.2, 0) is 12.8 Å². The van der Waals surface area contributed by atoms with E-state index in [1.807, 2.05) is 19.2 Å². The van der Waals surface area contributed by atoms with Crippen molar-refractivity contribution < 1.29 is 4.39 Å². The SMILES string of the molecule is CN=C(NCCc1ccn(-c2ccc(F)cc2)n1)NCCc1nc(C)c(C)s1.I. The third-order valence-corrected chi connectivity index (χ3v) is 5.47. The van der Waals surface area contributed by atoms with Crippen LogP contribution in [0.1, 0.15) is 21.3 Å². The van der Waals surface area contributed by atoms with Gasteiger partial charge in [-0.2, -0.15) is 5.10 Å². The number of hydrogen-bond acceptors (Lipinski definition) is 4. The summed E-state index contributed by atoms with van der Waals surface area (Å²) in [6.45, 7) is 5.64. The molecular formula is C20H26FIN6S. The maximum Gasteiger partial charge on any atom is 0.191 e. The van der Waals surface area contributed by atoms with Gasteiger partial charge in [-0.25, -0.2) is 14.1 Å². The highest BCUT2D eigenvalue weighted by Crippen LogP contribution is 2.16. The minimum Gasteiger partial charge on any atom is -0.356 e. The molecule has 2 aromatic heterocycles. The first-order valence-electron chi connectivity index (χ1n) is 9.23. The lowest BCUT2D eigenvalue weighted by Crippen LogP contribution is -2.39. The average Bonchev–Trinajstić information content (AvgIpc) is 3.28. The predicted molar refractivity (Wildman–Crippen MR) is 127 cm³/mol. The minimum atomic E-state index is -0.251. The molecule has 0 aliphatic carbocycles. The molecule has 3 aromatic rings. The molecule has 2 N–H and O–H groups in total. The fourth-order valence-corrected chi connectivity index (χ4v) is 3.63. The Bertz CT molecular complexity index is 915. The van der Waals surface area contributed by atoms with E-state index in [2.05, 4.69) is 32.6 Å². The van der Waals surface area contributed by atoms with Crippen molar-refractivity contribution >= 4 is 41.3 Å². The first-order chi connectivity index (χ1) is 13.5. The van der Waals surface area contributed by atoms with Gasteiger partial charge in [0.05, 0.1) is 22.1 Å². The zero-order valence-electron chi connectivity index (χ0n) is 16.8. The largest absolute Gasteiger partial charge is 0.356 e. The summed E-state index contributed by atoms with van der Waals surface area (Å²) in [5.41, 5.74) is 2.91. The molecule has 9 heteroatoms. The lowest BCUT2D eigenvalue weighted by atomic mass is 10.3. The third-order valence-electron chi connectivity index (χ3n) is 4.34. The Labute approximate surface area is 191 Å². The molecule has 2 heterocycles. The number of rotatable bonds is 7. The van der Waals surface area contributed by atoms with Gasteiger partial charge in [0.1, 0.15) is 5.82 Å². The second-order valence-electron chi connectivity index (χ2n) is 6.40. The van der Waals surface area contributed by atoms with E-state index >= 15 is 0 Å². The molecule has 0 amide bonds. The van der Waals surface area contributed by atoms with Gasteiger partial charge in [-0.15, -0.1) is 35.3 Å². The lowest BCUT2D eigenvalue weighted by molar-refractivity contribution is 0.627. The van der Waals surface area contributed by atoms with Gasteiger partial charge in [0.15, 0.2) is 5.96 Å². The number of guanidine groups is 1. The van der Waals surface area contributed by atoms with Crippen LogP contribution in [-0.4, -0.2) is 40.9 Å². The first-order valence-corrected chi connectivity index (χ1v) is 10.0. The van der Waals surface area contributed by atoms with Crippen LogP contribution in [0.5, 0.6) is 0 Å². The highest BCUT2D eigenvalue weighted by atomic mass is 127. The number of aliphatic imine (C=N–C) groups is 1. The number of halogens is 2. The molecule has 0 aliphatic rings. The summed E-state index contributed by atoms with van der Waals surface area (Å²) in [6, 6.07) is 8.25. The molecule has 0 aliphatic heterocycles.